The van der Waals surface area contributed by atoms with Gasteiger partial charge in [-0.1, -0.05) is 0 Å². The van der Waals surface area contributed by atoms with Crippen molar-refractivity contribution in [2.24, 2.45) is 0 Å². The van der Waals surface area contributed by atoms with Gasteiger partial charge in [0.2, 0.25) is 0 Å². The molecule has 1 aliphatic carbocycles. The molecule has 1 aromatic rings. The van der Waals surface area contributed by atoms with Gasteiger partial charge in [0.05, 0.1) is 12.3 Å². The molecule has 1 aromatic heterocycles. The molecule has 0 saturated heterocycles. The van der Waals surface area contributed by atoms with E-state index in [2.05, 4.69) is 5.32 Å². The quantitative estimate of drug-likeness (QED) is 0.720. The zero-order valence-electron chi connectivity index (χ0n) is 7.33. The number of rotatable bonds is 3. The van der Waals surface area contributed by atoms with Crippen molar-refractivity contribution >= 4 is 0 Å². The van der Waals surface area contributed by atoms with Gasteiger partial charge in [-0.15, -0.1) is 0 Å². The van der Waals surface area contributed by atoms with Crippen molar-refractivity contribution in [1.82, 2.24) is 0 Å². The first-order valence-corrected chi connectivity index (χ1v) is 4.81. The molecule has 0 amide bonds. The monoisotopic (exact) mass is 166 g/mol. The highest BCUT2D eigenvalue weighted by molar-refractivity contribution is 4.95. The van der Waals surface area contributed by atoms with Crippen LogP contribution in [0.4, 0.5) is 0 Å². The van der Waals surface area contributed by atoms with E-state index in [-0.39, 0.29) is 0 Å². The molecule has 0 unspecified atom stereocenters. The van der Waals surface area contributed by atoms with Gasteiger partial charge in [-0.05, 0) is 37.8 Å². The van der Waals surface area contributed by atoms with Crippen LogP contribution in [0.2, 0.25) is 0 Å². The molecule has 0 atom stereocenters. The van der Waals surface area contributed by atoms with Crippen LogP contribution >= 0.6 is 0 Å². The lowest BCUT2D eigenvalue weighted by Gasteiger charge is -2.05. The molecule has 0 bridgehead atoms. The summed E-state index contributed by atoms with van der Waals surface area (Å²) in [6.45, 7) is 1.01. The van der Waals surface area contributed by atoms with E-state index in [4.69, 9.17) is 4.42 Å². The number of hydrogen-bond donors (Lipinski definition) is 1. The molecule has 1 saturated carbocycles. The third kappa shape index (κ3) is 1.89. The first kappa shape index (κ1) is 7.87. The van der Waals surface area contributed by atoms with Gasteiger partial charge in [-0.25, -0.2) is 0 Å². The van der Waals surface area contributed by atoms with Crippen molar-refractivity contribution in [2.45, 2.75) is 38.3 Å². The summed E-state index contributed by atoms with van der Waals surface area (Å²) in [7, 11) is 0. The standard InChI is InChI=1S/C10H15NO/c1-2-5-9(4-1)11-8-10-6-3-7-12-10/h3,6-7,9,11H,1-2,4-5,8H2/p+1. The SMILES string of the molecule is c1coc(C[NH2+]C2CCCC2)c1. The first-order valence-electron chi connectivity index (χ1n) is 4.81. The van der Waals surface area contributed by atoms with Gasteiger partial charge < -0.3 is 9.73 Å². The van der Waals surface area contributed by atoms with Crippen LogP contribution in [0.15, 0.2) is 22.8 Å². The molecule has 2 N–H and O–H groups in total. The molecule has 2 nitrogen and oxygen atoms in total. The summed E-state index contributed by atoms with van der Waals surface area (Å²) in [5, 5.41) is 2.41. The van der Waals surface area contributed by atoms with Crippen molar-refractivity contribution < 1.29 is 9.73 Å². The number of nitrogens with two attached hydrogens (primary N) is 1. The fourth-order valence-electron chi connectivity index (χ4n) is 1.90. The molecule has 0 radical (unpaired) electrons. The number of furan rings is 1. The van der Waals surface area contributed by atoms with Crippen LogP contribution < -0.4 is 5.32 Å². The van der Waals surface area contributed by atoms with Gasteiger partial charge in [0.1, 0.15) is 6.54 Å². The molecular weight excluding hydrogens is 150 g/mol. The smallest absolute Gasteiger partial charge is 0.157 e. The Kier molecular flexibility index (Phi) is 2.47. The Hall–Kier alpha value is -0.760. The van der Waals surface area contributed by atoms with Gasteiger partial charge in [0, 0.05) is 0 Å². The highest BCUT2D eigenvalue weighted by atomic mass is 16.3. The zero-order chi connectivity index (χ0) is 8.23. The van der Waals surface area contributed by atoms with E-state index in [1.54, 1.807) is 6.26 Å². The Bertz CT molecular complexity index is 212. The second-order valence-corrected chi connectivity index (χ2v) is 3.56. The predicted molar refractivity (Wildman–Crippen MR) is 46.6 cm³/mol. The maximum Gasteiger partial charge on any atom is 0.157 e. The van der Waals surface area contributed by atoms with Gasteiger partial charge in [0.15, 0.2) is 5.76 Å². The summed E-state index contributed by atoms with van der Waals surface area (Å²) in [5.41, 5.74) is 0. The van der Waals surface area contributed by atoms with E-state index in [9.17, 15) is 0 Å². The molecule has 2 rings (SSSR count). The minimum atomic E-state index is 0.857. The van der Waals surface area contributed by atoms with Gasteiger partial charge in [-0.3, -0.25) is 0 Å². The maximum absolute atomic E-state index is 5.26. The van der Waals surface area contributed by atoms with Crippen LogP contribution in [-0.2, 0) is 6.54 Å². The second-order valence-electron chi connectivity index (χ2n) is 3.56. The lowest BCUT2D eigenvalue weighted by Crippen LogP contribution is -2.87. The molecule has 1 fully saturated rings. The van der Waals surface area contributed by atoms with E-state index in [1.165, 1.54) is 25.7 Å². The van der Waals surface area contributed by atoms with Crippen LogP contribution in [0.5, 0.6) is 0 Å². The van der Waals surface area contributed by atoms with Crippen molar-refractivity contribution in [3.05, 3.63) is 24.2 Å². The Balaban J connectivity index is 1.74. The Morgan fingerprint density at radius 3 is 2.92 bits per heavy atom. The Morgan fingerprint density at radius 1 is 1.42 bits per heavy atom. The number of hydrogen-bond acceptors (Lipinski definition) is 1. The van der Waals surface area contributed by atoms with Crippen molar-refractivity contribution in [3.63, 3.8) is 0 Å². The van der Waals surface area contributed by atoms with Gasteiger partial charge >= 0.3 is 0 Å². The summed E-state index contributed by atoms with van der Waals surface area (Å²) >= 11 is 0. The molecule has 2 heteroatoms. The van der Waals surface area contributed by atoms with E-state index < -0.39 is 0 Å². The molecule has 0 aliphatic heterocycles. The van der Waals surface area contributed by atoms with Crippen LogP contribution in [0, 0.1) is 0 Å². The average Bonchev–Trinajstić information content (AvgIpc) is 2.74. The third-order valence-corrected chi connectivity index (χ3v) is 2.63. The van der Waals surface area contributed by atoms with E-state index >= 15 is 0 Å². The van der Waals surface area contributed by atoms with Crippen LogP contribution in [-0.4, -0.2) is 6.04 Å². The molecule has 0 aromatic carbocycles. The molecule has 12 heavy (non-hydrogen) atoms. The summed E-state index contributed by atoms with van der Waals surface area (Å²) < 4.78 is 5.26. The largest absolute Gasteiger partial charge is 0.463 e. The van der Waals surface area contributed by atoms with E-state index in [0.717, 1.165) is 18.3 Å². The minimum absolute atomic E-state index is 0.857. The van der Waals surface area contributed by atoms with E-state index in [1.807, 2.05) is 12.1 Å². The molecule has 1 aliphatic rings. The fraction of sp³-hybridized carbons (Fsp3) is 0.600. The lowest BCUT2D eigenvalue weighted by atomic mass is 10.2. The molecule has 66 valence electrons. The molecule has 1 heterocycles. The molecular formula is C10H16NO+. The van der Waals surface area contributed by atoms with E-state index in [0.29, 0.717) is 0 Å². The van der Waals surface area contributed by atoms with Crippen molar-refractivity contribution in [1.29, 1.82) is 0 Å². The average molecular weight is 166 g/mol. The summed E-state index contributed by atoms with van der Waals surface area (Å²) in [6, 6.07) is 4.86. The first-order chi connectivity index (χ1) is 5.95. The highest BCUT2D eigenvalue weighted by Crippen LogP contribution is 2.14. The Morgan fingerprint density at radius 2 is 2.25 bits per heavy atom. The number of quaternary nitrogens is 1. The van der Waals surface area contributed by atoms with Crippen molar-refractivity contribution in [3.8, 4) is 0 Å². The van der Waals surface area contributed by atoms with Gasteiger partial charge in [-0.2, -0.15) is 0 Å². The second kappa shape index (κ2) is 3.76. The zero-order valence-corrected chi connectivity index (χ0v) is 7.33. The Labute approximate surface area is 73.0 Å². The van der Waals surface area contributed by atoms with Crippen LogP contribution in [0.25, 0.3) is 0 Å². The summed E-state index contributed by atoms with van der Waals surface area (Å²) in [6.07, 6.45) is 7.36. The lowest BCUT2D eigenvalue weighted by molar-refractivity contribution is -0.704. The summed E-state index contributed by atoms with van der Waals surface area (Å²) in [5.74, 6) is 1.10. The van der Waals surface area contributed by atoms with Crippen LogP contribution in [0.1, 0.15) is 31.4 Å². The van der Waals surface area contributed by atoms with Gasteiger partial charge in [0.25, 0.3) is 0 Å². The highest BCUT2D eigenvalue weighted by Gasteiger charge is 2.17. The minimum Gasteiger partial charge on any atom is -0.463 e. The normalized spacial score (nSPS) is 18.7. The maximum atomic E-state index is 5.26. The van der Waals surface area contributed by atoms with Crippen molar-refractivity contribution in [2.75, 3.05) is 0 Å². The third-order valence-electron chi connectivity index (χ3n) is 2.63. The predicted octanol–water partition coefficient (Wildman–Crippen LogP) is 1.29. The van der Waals surface area contributed by atoms with Crippen LogP contribution in [0.3, 0.4) is 0 Å². The topological polar surface area (TPSA) is 29.8 Å². The fourth-order valence-corrected chi connectivity index (χ4v) is 1.90. The molecule has 0 spiro atoms. The summed E-state index contributed by atoms with van der Waals surface area (Å²) in [4.78, 5) is 0.